The first kappa shape index (κ1) is 22.5. The molecule has 0 heterocycles. The molecule has 0 unspecified atom stereocenters. The third-order valence-corrected chi connectivity index (χ3v) is 0. The van der Waals surface area contributed by atoms with Crippen LogP contribution < -0.4 is 6.15 Å². The summed E-state index contributed by atoms with van der Waals surface area (Å²) in [6.45, 7) is 0. The van der Waals surface area contributed by atoms with Gasteiger partial charge < -0.3 is 16.4 Å². The Morgan fingerprint density at radius 1 is 1.09 bits per heavy atom. The van der Waals surface area contributed by atoms with E-state index >= 15 is 0 Å². The van der Waals surface area contributed by atoms with Crippen LogP contribution in [-0.2, 0) is 10.4 Å². The Morgan fingerprint density at radius 2 is 1.09 bits per heavy atom. The number of carbonyl (C=O) groups is 1. The van der Waals surface area contributed by atoms with Gasteiger partial charge in [0.2, 0.25) is 0 Å². The molecule has 0 saturated heterocycles. The van der Waals surface area contributed by atoms with E-state index in [4.69, 9.17) is 32.5 Å². The Balaban J connectivity index is -0.0000000383. The fourth-order valence-electron chi connectivity index (χ4n) is 0. The van der Waals surface area contributed by atoms with Crippen molar-refractivity contribution in [2.45, 2.75) is 0 Å². The molecular formula is CH9CaNO7S. The molecule has 0 aromatic heterocycles. The fourth-order valence-corrected chi connectivity index (χ4v) is 0. The summed E-state index contributed by atoms with van der Waals surface area (Å²) in [5.74, 6) is 0. The van der Waals surface area contributed by atoms with Crippen LogP contribution in [0.15, 0.2) is 0 Å². The van der Waals surface area contributed by atoms with E-state index in [-0.39, 0.29) is 43.9 Å². The zero-order valence-corrected chi connectivity index (χ0v) is 5.45. The maximum atomic E-state index is 8.74. The second-order valence-electron chi connectivity index (χ2n) is 0.730. The van der Waals surface area contributed by atoms with Crippen LogP contribution in [0.5, 0.6) is 0 Å². The van der Waals surface area contributed by atoms with Crippen molar-refractivity contribution in [3.63, 3.8) is 0 Å². The van der Waals surface area contributed by atoms with Crippen molar-refractivity contribution in [2.75, 3.05) is 0 Å². The van der Waals surface area contributed by atoms with Gasteiger partial charge in [0, 0.05) is 0 Å². The summed E-state index contributed by atoms with van der Waals surface area (Å²) in [5, 5.41) is 13.9. The van der Waals surface area contributed by atoms with Gasteiger partial charge in [0.15, 0.2) is 0 Å². The molecule has 0 atom stereocenters. The summed E-state index contributed by atoms with van der Waals surface area (Å²) in [5.41, 5.74) is 0. The monoisotopic (exact) mass is 219 g/mol. The molecule has 0 aromatic rings. The van der Waals surface area contributed by atoms with E-state index in [9.17, 15) is 0 Å². The van der Waals surface area contributed by atoms with Gasteiger partial charge in [0.1, 0.15) is 0 Å². The Hall–Kier alpha value is 0.360. The molecule has 68 valence electrons. The SMILES string of the molecule is N.O=C(O)O.O=S(=O)(O)O.[CaH2]. The first-order valence-electron chi connectivity index (χ1n) is 1.35. The Morgan fingerprint density at radius 3 is 1.09 bits per heavy atom. The molecule has 0 aliphatic rings. The number of rotatable bonds is 0. The molecule has 0 aromatic carbocycles. The molecule has 0 saturated carbocycles. The maximum absolute atomic E-state index is 8.74. The standard InChI is InChI=1S/CH2O3.Ca.H3N.H2O4S.2H/c2-1(3)4;;;1-5(2,3)4;;/h(H2,2,3,4);;1H3;(H2,1,2,3,4);;. The summed E-state index contributed by atoms with van der Waals surface area (Å²) >= 11 is 0. The van der Waals surface area contributed by atoms with E-state index < -0.39 is 16.6 Å². The van der Waals surface area contributed by atoms with E-state index in [1.807, 2.05) is 0 Å². The van der Waals surface area contributed by atoms with Crippen LogP contribution in [0.1, 0.15) is 0 Å². The van der Waals surface area contributed by atoms with Crippen molar-refractivity contribution < 1.29 is 32.5 Å². The van der Waals surface area contributed by atoms with Gasteiger partial charge in [-0.1, -0.05) is 0 Å². The van der Waals surface area contributed by atoms with Gasteiger partial charge in [0.25, 0.3) is 0 Å². The zero-order chi connectivity index (χ0) is 8.08. The van der Waals surface area contributed by atoms with Crippen molar-refractivity contribution >= 4 is 54.3 Å². The average Bonchev–Trinajstić information content (AvgIpc) is 1.19. The van der Waals surface area contributed by atoms with Crippen LogP contribution in [0.25, 0.3) is 0 Å². The normalized spacial score (nSPS) is 7.45. The fraction of sp³-hybridized carbons (Fsp3) is 0. The molecule has 0 amide bonds. The quantitative estimate of drug-likeness (QED) is 0.250. The second-order valence-corrected chi connectivity index (χ2v) is 1.63. The molecule has 0 rings (SSSR count). The van der Waals surface area contributed by atoms with Gasteiger partial charge in [-0.3, -0.25) is 9.11 Å². The number of carboxylic acid groups (broad SMARTS) is 2. The van der Waals surface area contributed by atoms with Crippen molar-refractivity contribution in [3.8, 4) is 0 Å². The van der Waals surface area contributed by atoms with Gasteiger partial charge in [-0.25, -0.2) is 4.79 Å². The third kappa shape index (κ3) is 5590. The van der Waals surface area contributed by atoms with E-state index in [2.05, 4.69) is 0 Å². The van der Waals surface area contributed by atoms with Crippen molar-refractivity contribution in [2.24, 2.45) is 0 Å². The summed E-state index contributed by atoms with van der Waals surface area (Å²) in [4.78, 5) is 8.56. The van der Waals surface area contributed by atoms with Crippen molar-refractivity contribution in [1.82, 2.24) is 6.15 Å². The minimum absolute atomic E-state index is 0. The molecule has 0 aliphatic carbocycles. The van der Waals surface area contributed by atoms with E-state index in [0.717, 1.165) is 0 Å². The molecule has 0 bridgehead atoms. The van der Waals surface area contributed by atoms with Crippen LogP contribution in [-0.4, -0.2) is 71.6 Å². The first-order chi connectivity index (χ1) is 3.73. The molecule has 11 heavy (non-hydrogen) atoms. The summed E-state index contributed by atoms with van der Waals surface area (Å²) in [6.07, 6.45) is -1.83. The van der Waals surface area contributed by atoms with Crippen LogP contribution in [0, 0.1) is 0 Å². The van der Waals surface area contributed by atoms with Gasteiger partial charge >= 0.3 is 54.3 Å². The van der Waals surface area contributed by atoms with Crippen LogP contribution in [0.3, 0.4) is 0 Å². The van der Waals surface area contributed by atoms with Crippen LogP contribution >= 0.6 is 0 Å². The molecular weight excluding hydrogens is 210 g/mol. The molecule has 0 spiro atoms. The molecule has 10 heteroatoms. The molecule has 8 nitrogen and oxygen atoms in total. The minimum atomic E-state index is -4.67. The first-order valence-corrected chi connectivity index (χ1v) is 2.75. The van der Waals surface area contributed by atoms with Crippen molar-refractivity contribution in [1.29, 1.82) is 0 Å². The van der Waals surface area contributed by atoms with Gasteiger partial charge in [-0.15, -0.1) is 0 Å². The van der Waals surface area contributed by atoms with E-state index in [1.54, 1.807) is 0 Å². The molecule has 0 radical (unpaired) electrons. The van der Waals surface area contributed by atoms with Crippen LogP contribution in [0.2, 0.25) is 0 Å². The summed E-state index contributed by atoms with van der Waals surface area (Å²) in [6, 6.07) is 0. The summed E-state index contributed by atoms with van der Waals surface area (Å²) < 4.78 is 31.6. The number of hydrogen-bond acceptors (Lipinski definition) is 4. The third-order valence-electron chi connectivity index (χ3n) is 0. The van der Waals surface area contributed by atoms with E-state index in [0.29, 0.717) is 0 Å². The van der Waals surface area contributed by atoms with Gasteiger partial charge in [-0.05, 0) is 0 Å². The average molecular weight is 219 g/mol. The Labute approximate surface area is 92.4 Å². The number of hydrogen-bond donors (Lipinski definition) is 5. The van der Waals surface area contributed by atoms with Crippen molar-refractivity contribution in [3.05, 3.63) is 0 Å². The predicted molar refractivity (Wildman–Crippen MR) is 38.4 cm³/mol. The second kappa shape index (κ2) is 10.4. The summed E-state index contributed by atoms with van der Waals surface area (Å²) in [7, 11) is -4.67. The van der Waals surface area contributed by atoms with E-state index in [1.165, 1.54) is 0 Å². The topological polar surface area (TPSA) is 167 Å². The Bertz CT molecular complexity index is 161. The predicted octanol–water partition coefficient (Wildman–Crippen LogP) is -1.18. The molecule has 0 fully saturated rings. The molecule has 7 N–H and O–H groups in total. The zero-order valence-electron chi connectivity index (χ0n) is 4.63. The van der Waals surface area contributed by atoms with Crippen LogP contribution in [0.4, 0.5) is 4.79 Å². The molecule has 0 aliphatic heterocycles. The van der Waals surface area contributed by atoms with Gasteiger partial charge in [-0.2, -0.15) is 8.42 Å². The Kier molecular flexibility index (Phi) is 21.2. The van der Waals surface area contributed by atoms with Gasteiger partial charge in [0.05, 0.1) is 0 Å².